The van der Waals surface area contributed by atoms with Gasteiger partial charge in [-0.15, -0.1) is 0 Å². The molecule has 10 aromatic carbocycles. The van der Waals surface area contributed by atoms with Gasteiger partial charge < -0.3 is 18.6 Å². The van der Waals surface area contributed by atoms with Crippen LogP contribution in [0, 0.1) is 11.8 Å². The van der Waals surface area contributed by atoms with E-state index >= 15 is 0 Å². The molecule has 0 amide bonds. The summed E-state index contributed by atoms with van der Waals surface area (Å²) >= 11 is 0. The van der Waals surface area contributed by atoms with Crippen molar-refractivity contribution in [2.75, 3.05) is 9.80 Å². The number of aromatic nitrogens is 2. The zero-order chi connectivity index (χ0) is 51.5. The largest absolute Gasteiger partial charge is 0.436 e. The molecule has 2 aromatic heterocycles. The lowest BCUT2D eigenvalue weighted by Gasteiger charge is -2.42. The molecule has 0 saturated carbocycles. The Hall–Kier alpha value is -9.26. The van der Waals surface area contributed by atoms with E-state index in [0.29, 0.717) is 11.8 Å². The van der Waals surface area contributed by atoms with E-state index in [-0.39, 0.29) is 23.3 Å². The Morgan fingerprint density at radius 2 is 1.08 bits per heavy atom. The molecule has 6 heteroatoms. The Labute approximate surface area is 447 Å². The highest BCUT2D eigenvalue weighted by Gasteiger charge is 2.42. The minimum absolute atomic E-state index is 0.0152. The second kappa shape index (κ2) is 17.4. The van der Waals surface area contributed by atoms with E-state index in [2.05, 4.69) is 213 Å². The fourth-order valence-corrected chi connectivity index (χ4v) is 13.0. The Bertz CT molecular complexity index is 4460. The van der Waals surface area contributed by atoms with Gasteiger partial charge in [0.1, 0.15) is 11.0 Å². The summed E-state index contributed by atoms with van der Waals surface area (Å²) in [7, 11) is 0. The average Bonchev–Trinajstić information content (AvgIpc) is 4.36. The van der Waals surface area contributed by atoms with Crippen LogP contribution in [-0.4, -0.2) is 16.0 Å². The van der Waals surface area contributed by atoms with Gasteiger partial charge in [-0.2, -0.15) is 0 Å². The molecular weight excluding hydrogens is 941 g/mol. The second-order valence-corrected chi connectivity index (χ2v) is 21.8. The Morgan fingerprint density at radius 1 is 0.532 bits per heavy atom. The number of nitrogens with zero attached hydrogens (tertiary/aromatic N) is 4. The predicted octanol–water partition coefficient (Wildman–Crippen LogP) is 18.9. The highest BCUT2D eigenvalue weighted by atomic mass is 16.4. The van der Waals surface area contributed by atoms with E-state index < -0.39 is 0 Å². The fraction of sp³-hybridized carbons (Fsp3) is 0.127. The number of fused-ring (bicyclic) bond motifs is 10. The lowest BCUT2D eigenvalue weighted by Crippen LogP contribution is -2.41. The average molecular weight is 995 g/mol. The molecule has 0 spiro atoms. The zero-order valence-corrected chi connectivity index (χ0v) is 43.4. The van der Waals surface area contributed by atoms with Crippen LogP contribution in [0.2, 0.25) is 0 Å². The maximum Gasteiger partial charge on any atom is 0.227 e. The smallest absolute Gasteiger partial charge is 0.227 e. The maximum absolute atomic E-state index is 6.35. The van der Waals surface area contributed by atoms with Crippen LogP contribution in [0.1, 0.15) is 51.1 Å². The lowest BCUT2D eigenvalue weighted by atomic mass is 9.77. The van der Waals surface area contributed by atoms with Crippen molar-refractivity contribution in [1.29, 1.82) is 0 Å². The molecule has 3 aliphatic carbocycles. The van der Waals surface area contributed by atoms with Gasteiger partial charge in [-0.1, -0.05) is 173 Å². The molecule has 0 radical (unpaired) electrons. The number of allylic oxidation sites excluding steroid dienone is 6. The standard InChI is InChI=1S/C71H54N4O2/c1-43-37-48(70-73-62-26-14-16-28-68(62)77-70)31-36-63(43)75(66-40-47-18-6-8-20-52(47)54-22-10-12-24-57(54)66)64-42-60-58(38-44(64)2)55-35-34-50(41-59(55)71(60,3)4)74(65-39-46-17-5-7-19-51(46)53-21-9-11-23-56(53)65)49-32-29-45(30-33-49)69-72-61-25-13-15-27-67(61)76-69/h5-37,39-44,63H,38H2,1-4H3. The third kappa shape index (κ3) is 7.23. The van der Waals surface area contributed by atoms with Crippen molar-refractivity contribution in [2.24, 2.45) is 11.8 Å². The minimum Gasteiger partial charge on any atom is -0.436 e. The number of hydrogen-bond acceptors (Lipinski definition) is 6. The number of para-hydroxylation sites is 4. The normalized spacial score (nSPS) is 17.8. The molecule has 0 saturated heterocycles. The van der Waals surface area contributed by atoms with Crippen LogP contribution in [0.3, 0.4) is 0 Å². The first kappa shape index (κ1) is 45.2. The first-order chi connectivity index (χ1) is 37.7. The number of anilines is 4. The molecule has 15 rings (SSSR count). The van der Waals surface area contributed by atoms with Crippen molar-refractivity contribution >= 4 is 99.2 Å². The molecule has 3 aliphatic rings. The van der Waals surface area contributed by atoms with Gasteiger partial charge in [0.05, 0.1) is 11.7 Å². The topological polar surface area (TPSA) is 58.5 Å². The molecule has 3 atom stereocenters. The highest BCUT2D eigenvalue weighted by Crippen LogP contribution is 2.55. The zero-order valence-electron chi connectivity index (χ0n) is 43.4. The van der Waals surface area contributed by atoms with Crippen molar-refractivity contribution in [2.45, 2.75) is 45.6 Å². The highest BCUT2D eigenvalue weighted by molar-refractivity contribution is 6.15. The Morgan fingerprint density at radius 3 is 1.73 bits per heavy atom. The minimum atomic E-state index is -0.314. The van der Waals surface area contributed by atoms with Crippen LogP contribution in [-0.2, 0) is 5.41 Å². The van der Waals surface area contributed by atoms with Crippen LogP contribution in [0.4, 0.5) is 22.7 Å². The van der Waals surface area contributed by atoms with Crippen molar-refractivity contribution < 1.29 is 8.83 Å². The fourth-order valence-electron chi connectivity index (χ4n) is 13.0. The summed E-state index contributed by atoms with van der Waals surface area (Å²) in [6, 6.07) is 72.1. The molecule has 3 unspecified atom stereocenters. The van der Waals surface area contributed by atoms with Crippen molar-refractivity contribution in [3.63, 3.8) is 0 Å². The predicted molar refractivity (Wildman–Crippen MR) is 319 cm³/mol. The number of benzene rings is 10. The second-order valence-electron chi connectivity index (χ2n) is 21.8. The number of rotatable bonds is 8. The van der Waals surface area contributed by atoms with Gasteiger partial charge >= 0.3 is 0 Å². The molecule has 0 aliphatic heterocycles. The summed E-state index contributed by atoms with van der Waals surface area (Å²) in [5, 5.41) is 9.86. The van der Waals surface area contributed by atoms with E-state index in [0.717, 1.165) is 56.8 Å². The third-order valence-corrected chi connectivity index (χ3v) is 16.8. The molecule has 0 bridgehead atoms. The molecule has 370 valence electrons. The Kier molecular flexibility index (Phi) is 10.2. The number of hydrogen-bond donors (Lipinski definition) is 0. The third-order valence-electron chi connectivity index (χ3n) is 16.8. The molecule has 0 fully saturated rings. The van der Waals surface area contributed by atoms with Gasteiger partial charge in [-0.3, -0.25) is 0 Å². The Balaban J connectivity index is 0.865. The summed E-state index contributed by atoms with van der Waals surface area (Å²) in [6.45, 7) is 9.64. The van der Waals surface area contributed by atoms with Crippen LogP contribution in [0.25, 0.3) is 87.9 Å². The quantitative estimate of drug-likeness (QED) is 0.141. The van der Waals surface area contributed by atoms with E-state index in [1.807, 2.05) is 48.5 Å². The summed E-state index contributed by atoms with van der Waals surface area (Å²) in [4.78, 5) is 14.9. The van der Waals surface area contributed by atoms with Gasteiger partial charge in [-0.25, -0.2) is 9.97 Å². The van der Waals surface area contributed by atoms with E-state index in [1.54, 1.807) is 0 Å². The van der Waals surface area contributed by atoms with Crippen molar-refractivity contribution in [1.82, 2.24) is 9.97 Å². The van der Waals surface area contributed by atoms with Gasteiger partial charge in [0, 0.05) is 56.0 Å². The van der Waals surface area contributed by atoms with Gasteiger partial charge in [-0.05, 0) is 146 Å². The first-order valence-corrected chi connectivity index (χ1v) is 27.0. The van der Waals surface area contributed by atoms with Gasteiger partial charge in [0.25, 0.3) is 0 Å². The van der Waals surface area contributed by atoms with Crippen molar-refractivity contribution in [3.05, 3.63) is 253 Å². The van der Waals surface area contributed by atoms with E-state index in [9.17, 15) is 0 Å². The maximum atomic E-state index is 6.35. The van der Waals surface area contributed by atoms with E-state index in [1.165, 1.54) is 76.7 Å². The lowest BCUT2D eigenvalue weighted by molar-refractivity contribution is 0.543. The summed E-state index contributed by atoms with van der Waals surface area (Å²) in [5.74, 6) is 1.60. The molecule has 0 N–H and O–H groups in total. The molecule has 12 aromatic rings. The molecular formula is C71H54N4O2. The van der Waals surface area contributed by atoms with Gasteiger partial charge in [0.2, 0.25) is 11.8 Å². The van der Waals surface area contributed by atoms with Gasteiger partial charge in [0.15, 0.2) is 11.2 Å². The first-order valence-electron chi connectivity index (χ1n) is 27.0. The van der Waals surface area contributed by atoms with Crippen LogP contribution >= 0.6 is 0 Å². The monoisotopic (exact) mass is 994 g/mol. The summed E-state index contributed by atoms with van der Waals surface area (Å²) < 4.78 is 12.6. The molecule has 2 heterocycles. The van der Waals surface area contributed by atoms with Crippen LogP contribution in [0.5, 0.6) is 0 Å². The summed E-state index contributed by atoms with van der Waals surface area (Å²) in [5.41, 5.74) is 16.3. The van der Waals surface area contributed by atoms with Crippen LogP contribution in [0.15, 0.2) is 245 Å². The SMILES string of the molecule is CC1CC2=C(C=C1N(c1cc3ccccc3c3ccccc13)C1C=CC(c3nc4ccccc4o3)=CC1C)C(C)(C)c1cc(N(c3ccc(-c4nc5ccccc5o4)cc3)c3cc4ccccc4c4ccccc34)ccc12. The van der Waals surface area contributed by atoms with Crippen molar-refractivity contribution in [3.8, 4) is 11.5 Å². The molecule has 6 nitrogen and oxygen atoms in total. The van der Waals surface area contributed by atoms with Crippen LogP contribution < -0.4 is 9.80 Å². The number of oxazole rings is 2. The summed E-state index contributed by atoms with van der Waals surface area (Å²) in [6.07, 6.45) is 10.5. The molecule has 77 heavy (non-hydrogen) atoms. The van der Waals surface area contributed by atoms with E-state index in [4.69, 9.17) is 18.8 Å².